The minimum Gasteiger partial charge on any atom is -0.352 e. The van der Waals surface area contributed by atoms with E-state index in [0.717, 1.165) is 15.9 Å². The molecular formula is C21H23IN2O3S. The topological polar surface area (TPSA) is 66.5 Å². The van der Waals surface area contributed by atoms with Crippen LogP contribution in [0.25, 0.3) is 0 Å². The predicted octanol–water partition coefficient (Wildman–Crippen LogP) is 3.79. The van der Waals surface area contributed by atoms with E-state index in [4.69, 9.17) is 0 Å². The van der Waals surface area contributed by atoms with Crippen molar-refractivity contribution in [1.29, 1.82) is 0 Å². The zero-order chi connectivity index (χ0) is 19.7. The lowest BCUT2D eigenvalue weighted by Gasteiger charge is -2.27. The van der Waals surface area contributed by atoms with Gasteiger partial charge in [0, 0.05) is 9.61 Å². The zero-order valence-electron chi connectivity index (χ0n) is 15.4. The van der Waals surface area contributed by atoms with Crippen LogP contribution in [0, 0.1) is 15.4 Å². The molecule has 0 heterocycles. The van der Waals surface area contributed by atoms with Crippen LogP contribution in [0.5, 0.6) is 0 Å². The maximum atomic E-state index is 13.3. The first kappa shape index (κ1) is 19.7. The van der Waals surface area contributed by atoms with E-state index < -0.39 is 10.0 Å². The number of nitrogens with zero attached hydrogens (tertiary/aromatic N) is 1. The molecule has 2 aliphatic rings. The molecule has 7 heteroatoms. The Hall–Kier alpha value is -1.61. The standard InChI is InChI=1S/C21H23IN2O3S/c22-17-8-10-18(11-9-17)24(28(26,27)19-4-2-1-3-5-19)14-21(25)23-20-13-15-6-7-16(20)12-15/h1-5,8-11,15-16,20H,6-7,12-14H2,(H,23,25)/t15-,16-,20-/m1/s1. The molecule has 0 unspecified atom stereocenters. The van der Waals surface area contributed by atoms with Crippen molar-refractivity contribution >= 4 is 44.2 Å². The zero-order valence-corrected chi connectivity index (χ0v) is 18.4. The molecule has 0 radical (unpaired) electrons. The smallest absolute Gasteiger partial charge is 0.264 e. The molecule has 0 saturated heterocycles. The Bertz CT molecular complexity index is 947. The Morgan fingerprint density at radius 1 is 1.04 bits per heavy atom. The van der Waals surface area contributed by atoms with Gasteiger partial charge in [-0.15, -0.1) is 0 Å². The van der Waals surface area contributed by atoms with Crippen LogP contribution in [0.3, 0.4) is 0 Å². The van der Waals surface area contributed by atoms with Crippen LogP contribution in [0.4, 0.5) is 5.69 Å². The van der Waals surface area contributed by atoms with E-state index in [-0.39, 0.29) is 23.4 Å². The molecule has 5 nitrogen and oxygen atoms in total. The number of halogens is 1. The van der Waals surface area contributed by atoms with Gasteiger partial charge in [0.25, 0.3) is 10.0 Å². The van der Waals surface area contributed by atoms with E-state index in [2.05, 4.69) is 27.9 Å². The summed E-state index contributed by atoms with van der Waals surface area (Å²) in [5, 5.41) is 3.10. The summed E-state index contributed by atoms with van der Waals surface area (Å²) in [6.07, 6.45) is 4.63. The van der Waals surface area contributed by atoms with Gasteiger partial charge in [0.15, 0.2) is 0 Å². The lowest BCUT2D eigenvalue weighted by Crippen LogP contribution is -2.46. The Kier molecular flexibility index (Phi) is 5.64. The number of rotatable bonds is 6. The van der Waals surface area contributed by atoms with Crippen molar-refractivity contribution in [2.45, 2.75) is 36.6 Å². The van der Waals surface area contributed by atoms with Gasteiger partial charge in [-0.05, 0) is 90.1 Å². The van der Waals surface area contributed by atoms with E-state index in [1.54, 1.807) is 42.5 Å². The molecular weight excluding hydrogens is 487 g/mol. The molecule has 2 aromatic rings. The lowest BCUT2D eigenvalue weighted by atomic mass is 9.95. The number of carbonyl (C=O) groups is 1. The molecule has 0 spiro atoms. The summed E-state index contributed by atoms with van der Waals surface area (Å²) in [6, 6.07) is 15.6. The first-order chi connectivity index (χ1) is 13.4. The summed E-state index contributed by atoms with van der Waals surface area (Å²) in [5.74, 6) is 1.03. The van der Waals surface area contributed by atoms with Gasteiger partial charge < -0.3 is 5.32 Å². The molecule has 148 valence electrons. The Labute approximate surface area is 179 Å². The van der Waals surface area contributed by atoms with Crippen LogP contribution in [-0.2, 0) is 14.8 Å². The summed E-state index contributed by atoms with van der Waals surface area (Å²) in [7, 11) is -3.84. The average Bonchev–Trinajstić information content (AvgIpc) is 3.31. The van der Waals surface area contributed by atoms with Gasteiger partial charge in [-0.3, -0.25) is 9.10 Å². The third-order valence-corrected chi connectivity index (χ3v) is 8.32. The summed E-state index contributed by atoms with van der Waals surface area (Å²) in [5.41, 5.74) is 0.493. The summed E-state index contributed by atoms with van der Waals surface area (Å²) in [4.78, 5) is 13.0. The molecule has 2 aliphatic carbocycles. The number of benzene rings is 2. The molecule has 1 N–H and O–H groups in total. The van der Waals surface area contributed by atoms with Crippen LogP contribution < -0.4 is 9.62 Å². The third-order valence-electron chi connectivity index (χ3n) is 5.82. The van der Waals surface area contributed by atoms with Crippen molar-refractivity contribution in [3.63, 3.8) is 0 Å². The Balaban J connectivity index is 1.58. The highest BCUT2D eigenvalue weighted by Crippen LogP contribution is 2.44. The van der Waals surface area contributed by atoms with Gasteiger partial charge in [-0.2, -0.15) is 0 Å². The quantitative estimate of drug-likeness (QED) is 0.602. The molecule has 2 bridgehead atoms. The van der Waals surface area contributed by atoms with E-state index >= 15 is 0 Å². The van der Waals surface area contributed by atoms with Gasteiger partial charge in [-0.25, -0.2) is 8.42 Å². The molecule has 2 aromatic carbocycles. The molecule has 0 aromatic heterocycles. The highest BCUT2D eigenvalue weighted by molar-refractivity contribution is 14.1. The number of amides is 1. The van der Waals surface area contributed by atoms with Crippen molar-refractivity contribution in [2.24, 2.45) is 11.8 Å². The normalized spacial score (nSPS) is 23.5. The van der Waals surface area contributed by atoms with Gasteiger partial charge in [-0.1, -0.05) is 24.6 Å². The largest absolute Gasteiger partial charge is 0.352 e. The van der Waals surface area contributed by atoms with Gasteiger partial charge in [0.2, 0.25) is 5.91 Å². The van der Waals surface area contributed by atoms with Gasteiger partial charge >= 0.3 is 0 Å². The summed E-state index contributed by atoms with van der Waals surface area (Å²) in [6.45, 7) is -0.217. The molecule has 0 aliphatic heterocycles. The highest BCUT2D eigenvalue weighted by Gasteiger charge is 2.40. The predicted molar refractivity (Wildman–Crippen MR) is 118 cm³/mol. The number of carbonyl (C=O) groups excluding carboxylic acids is 1. The maximum Gasteiger partial charge on any atom is 0.264 e. The van der Waals surface area contributed by atoms with Gasteiger partial charge in [0.1, 0.15) is 6.54 Å². The number of anilines is 1. The first-order valence-electron chi connectivity index (χ1n) is 9.56. The number of nitrogens with one attached hydrogen (secondary N) is 1. The fourth-order valence-electron chi connectivity index (χ4n) is 4.45. The van der Waals surface area contributed by atoms with E-state index in [9.17, 15) is 13.2 Å². The van der Waals surface area contributed by atoms with Crippen LogP contribution in [0.1, 0.15) is 25.7 Å². The van der Waals surface area contributed by atoms with Crippen molar-refractivity contribution < 1.29 is 13.2 Å². The monoisotopic (exact) mass is 510 g/mol. The molecule has 3 atom stereocenters. The van der Waals surface area contributed by atoms with Gasteiger partial charge in [0.05, 0.1) is 10.6 Å². The second-order valence-corrected chi connectivity index (χ2v) is 10.8. The minimum absolute atomic E-state index is 0.182. The van der Waals surface area contributed by atoms with Crippen LogP contribution in [-0.4, -0.2) is 26.9 Å². The van der Waals surface area contributed by atoms with Crippen molar-refractivity contribution in [3.8, 4) is 0 Å². The van der Waals surface area contributed by atoms with Crippen molar-refractivity contribution in [1.82, 2.24) is 5.32 Å². The number of sulfonamides is 1. The first-order valence-corrected chi connectivity index (χ1v) is 12.1. The SMILES string of the molecule is O=C(CN(c1ccc(I)cc1)S(=O)(=O)c1ccccc1)N[C@@H]1C[C@@H]2CC[C@@H]1C2. The van der Waals surface area contributed by atoms with Crippen molar-refractivity contribution in [2.75, 3.05) is 10.8 Å². The van der Waals surface area contributed by atoms with E-state index in [0.29, 0.717) is 11.6 Å². The van der Waals surface area contributed by atoms with E-state index in [1.807, 2.05) is 12.1 Å². The Morgan fingerprint density at radius 2 is 1.75 bits per heavy atom. The second-order valence-electron chi connectivity index (χ2n) is 7.65. The number of hydrogen-bond donors (Lipinski definition) is 1. The minimum atomic E-state index is -3.84. The molecule has 2 fully saturated rings. The van der Waals surface area contributed by atoms with Crippen LogP contribution in [0.15, 0.2) is 59.5 Å². The fourth-order valence-corrected chi connectivity index (χ4v) is 6.25. The molecule has 2 saturated carbocycles. The number of fused-ring (bicyclic) bond motifs is 2. The molecule has 4 rings (SSSR count). The average molecular weight is 510 g/mol. The molecule has 1 amide bonds. The van der Waals surface area contributed by atoms with Crippen molar-refractivity contribution in [3.05, 3.63) is 58.2 Å². The molecule has 28 heavy (non-hydrogen) atoms. The van der Waals surface area contributed by atoms with Crippen LogP contribution in [0.2, 0.25) is 0 Å². The fraction of sp³-hybridized carbons (Fsp3) is 0.381. The lowest BCUT2D eigenvalue weighted by molar-refractivity contribution is -0.120. The summed E-state index contributed by atoms with van der Waals surface area (Å²) < 4.78 is 28.7. The summed E-state index contributed by atoms with van der Waals surface area (Å²) >= 11 is 2.17. The third kappa shape index (κ3) is 4.05. The number of hydrogen-bond acceptors (Lipinski definition) is 3. The maximum absolute atomic E-state index is 13.3. The second kappa shape index (κ2) is 8.02. The highest BCUT2D eigenvalue weighted by atomic mass is 127. The Morgan fingerprint density at radius 3 is 2.36 bits per heavy atom. The van der Waals surface area contributed by atoms with E-state index in [1.165, 1.54) is 23.6 Å². The van der Waals surface area contributed by atoms with Crippen LogP contribution >= 0.6 is 22.6 Å².